The predicted octanol–water partition coefficient (Wildman–Crippen LogP) is 1.43. The van der Waals surface area contributed by atoms with Gasteiger partial charge in [0.15, 0.2) is 6.10 Å². The van der Waals surface area contributed by atoms with Crippen LogP contribution in [0.3, 0.4) is 0 Å². The quantitative estimate of drug-likeness (QED) is 0.827. The van der Waals surface area contributed by atoms with Gasteiger partial charge in [-0.05, 0) is 31.9 Å². The molecular formula is C13H15NO4. The molecule has 1 aromatic carbocycles. The number of carbonyl (C=O) groups excluding carboxylic acids is 1. The highest BCUT2D eigenvalue weighted by Crippen LogP contribution is 2.21. The second-order valence-electron chi connectivity index (χ2n) is 4.34. The molecule has 0 bridgehead atoms. The highest BCUT2D eigenvalue weighted by molar-refractivity contribution is 5.91. The van der Waals surface area contributed by atoms with Gasteiger partial charge in [0.2, 0.25) is 0 Å². The summed E-state index contributed by atoms with van der Waals surface area (Å²) in [6.07, 6.45) is 1.31. The van der Waals surface area contributed by atoms with Gasteiger partial charge in [0.1, 0.15) is 11.3 Å². The molecule has 0 saturated heterocycles. The summed E-state index contributed by atoms with van der Waals surface area (Å²) < 4.78 is 5.40. The Morgan fingerprint density at radius 1 is 1.39 bits per heavy atom. The van der Waals surface area contributed by atoms with Crippen molar-refractivity contribution in [2.75, 3.05) is 0 Å². The summed E-state index contributed by atoms with van der Waals surface area (Å²) in [6, 6.07) is 6.55. The number of ether oxygens (including phenoxy) is 1. The monoisotopic (exact) mass is 249 g/mol. The number of hydrogen-bond donors (Lipinski definition) is 2. The first kappa shape index (κ1) is 12.4. The van der Waals surface area contributed by atoms with Gasteiger partial charge < -0.3 is 15.2 Å². The van der Waals surface area contributed by atoms with Crippen molar-refractivity contribution in [2.45, 2.75) is 31.9 Å². The fraction of sp³-hybridized carbons (Fsp3) is 0.385. The minimum absolute atomic E-state index is 0.0589. The van der Waals surface area contributed by atoms with Crippen LogP contribution in [0.4, 0.5) is 0 Å². The number of carbonyl (C=O) groups is 2. The van der Waals surface area contributed by atoms with Gasteiger partial charge in [-0.3, -0.25) is 4.79 Å². The molecular weight excluding hydrogens is 234 g/mol. The van der Waals surface area contributed by atoms with Crippen molar-refractivity contribution in [3.8, 4) is 5.75 Å². The number of aromatic carboxylic acids is 1. The lowest BCUT2D eigenvalue weighted by molar-refractivity contribution is -0.127. The molecule has 2 N–H and O–H groups in total. The van der Waals surface area contributed by atoms with E-state index in [4.69, 9.17) is 9.84 Å². The van der Waals surface area contributed by atoms with Crippen molar-refractivity contribution in [2.24, 2.45) is 0 Å². The number of rotatable bonds is 5. The van der Waals surface area contributed by atoms with Crippen LogP contribution in [0.5, 0.6) is 5.75 Å². The first-order valence-corrected chi connectivity index (χ1v) is 5.87. The Morgan fingerprint density at radius 3 is 2.67 bits per heavy atom. The van der Waals surface area contributed by atoms with E-state index in [0.717, 1.165) is 12.8 Å². The van der Waals surface area contributed by atoms with Gasteiger partial charge in [-0.1, -0.05) is 12.1 Å². The van der Waals surface area contributed by atoms with Crippen molar-refractivity contribution < 1.29 is 19.4 Å². The van der Waals surface area contributed by atoms with Crippen molar-refractivity contribution in [3.05, 3.63) is 29.8 Å². The fourth-order valence-corrected chi connectivity index (χ4v) is 1.54. The van der Waals surface area contributed by atoms with E-state index in [9.17, 15) is 9.59 Å². The van der Waals surface area contributed by atoms with Crippen LogP contribution < -0.4 is 10.1 Å². The van der Waals surface area contributed by atoms with Gasteiger partial charge >= 0.3 is 5.97 Å². The third-order valence-electron chi connectivity index (χ3n) is 2.71. The van der Waals surface area contributed by atoms with Crippen molar-refractivity contribution in [3.63, 3.8) is 0 Å². The summed E-state index contributed by atoms with van der Waals surface area (Å²) in [7, 11) is 0. The SMILES string of the molecule is CC(Oc1ccccc1C(=O)O)C(=O)NC1CC1. The van der Waals surface area contributed by atoms with Crippen LogP contribution in [-0.4, -0.2) is 29.1 Å². The number of para-hydroxylation sites is 1. The van der Waals surface area contributed by atoms with Crippen LogP contribution in [0.2, 0.25) is 0 Å². The predicted molar refractivity (Wildman–Crippen MR) is 64.7 cm³/mol. The maximum absolute atomic E-state index is 11.7. The van der Waals surface area contributed by atoms with E-state index in [2.05, 4.69) is 5.32 Å². The Balaban J connectivity index is 2.03. The van der Waals surface area contributed by atoms with Crippen molar-refractivity contribution >= 4 is 11.9 Å². The van der Waals surface area contributed by atoms with E-state index >= 15 is 0 Å². The number of amides is 1. The second-order valence-corrected chi connectivity index (χ2v) is 4.34. The maximum Gasteiger partial charge on any atom is 0.339 e. The Bertz CT molecular complexity index is 468. The van der Waals surface area contributed by atoms with Gasteiger partial charge in [-0.15, -0.1) is 0 Å². The summed E-state index contributed by atoms with van der Waals surface area (Å²) in [5, 5.41) is 11.8. The molecule has 0 heterocycles. The fourth-order valence-electron chi connectivity index (χ4n) is 1.54. The van der Waals surface area contributed by atoms with Crippen LogP contribution in [0.25, 0.3) is 0 Å². The Hall–Kier alpha value is -2.04. The zero-order valence-corrected chi connectivity index (χ0v) is 10.1. The van der Waals surface area contributed by atoms with Gasteiger partial charge in [0.25, 0.3) is 5.91 Å². The summed E-state index contributed by atoms with van der Waals surface area (Å²) in [5.74, 6) is -1.07. The minimum Gasteiger partial charge on any atom is -0.480 e. The molecule has 1 saturated carbocycles. The van der Waals surface area contributed by atoms with Crippen LogP contribution in [0, 0.1) is 0 Å². The highest BCUT2D eigenvalue weighted by atomic mass is 16.5. The maximum atomic E-state index is 11.7. The minimum atomic E-state index is -1.07. The first-order valence-electron chi connectivity index (χ1n) is 5.87. The average molecular weight is 249 g/mol. The van der Waals surface area contributed by atoms with E-state index in [1.54, 1.807) is 25.1 Å². The molecule has 1 aliphatic rings. The smallest absolute Gasteiger partial charge is 0.339 e. The van der Waals surface area contributed by atoms with Crippen LogP contribution >= 0.6 is 0 Å². The van der Waals surface area contributed by atoms with E-state index in [0.29, 0.717) is 0 Å². The third kappa shape index (κ3) is 3.00. The molecule has 0 radical (unpaired) electrons. The molecule has 1 amide bonds. The van der Waals surface area contributed by atoms with Gasteiger partial charge in [0, 0.05) is 6.04 Å². The molecule has 1 aromatic rings. The Kier molecular flexibility index (Phi) is 3.50. The number of nitrogens with one attached hydrogen (secondary N) is 1. The van der Waals surface area contributed by atoms with Crippen molar-refractivity contribution in [1.82, 2.24) is 5.32 Å². The Labute approximate surface area is 105 Å². The third-order valence-corrected chi connectivity index (χ3v) is 2.71. The largest absolute Gasteiger partial charge is 0.480 e. The summed E-state index contributed by atoms with van der Waals surface area (Å²) in [6.45, 7) is 1.61. The molecule has 5 heteroatoms. The number of hydrogen-bond acceptors (Lipinski definition) is 3. The summed E-state index contributed by atoms with van der Waals surface area (Å²) in [5.41, 5.74) is 0.0589. The Morgan fingerprint density at radius 2 is 2.06 bits per heavy atom. The van der Waals surface area contributed by atoms with Crippen LogP contribution in [0.1, 0.15) is 30.1 Å². The molecule has 5 nitrogen and oxygen atoms in total. The summed E-state index contributed by atoms with van der Waals surface area (Å²) >= 11 is 0. The van der Waals surface area contributed by atoms with Gasteiger partial charge in [-0.25, -0.2) is 4.79 Å². The number of carboxylic acids is 1. The van der Waals surface area contributed by atoms with E-state index in [1.807, 2.05) is 0 Å². The first-order chi connectivity index (χ1) is 8.58. The normalized spacial score (nSPS) is 15.8. The number of carboxylic acid groups (broad SMARTS) is 1. The highest BCUT2D eigenvalue weighted by Gasteiger charge is 2.26. The van der Waals surface area contributed by atoms with Crippen molar-refractivity contribution in [1.29, 1.82) is 0 Å². The second kappa shape index (κ2) is 5.08. The lowest BCUT2D eigenvalue weighted by atomic mass is 10.2. The van der Waals surface area contributed by atoms with E-state index in [1.165, 1.54) is 6.07 Å². The molecule has 1 fully saturated rings. The molecule has 18 heavy (non-hydrogen) atoms. The zero-order chi connectivity index (χ0) is 13.1. The molecule has 96 valence electrons. The average Bonchev–Trinajstić information content (AvgIpc) is 3.13. The molecule has 0 aromatic heterocycles. The zero-order valence-electron chi connectivity index (χ0n) is 10.1. The molecule has 1 atom stereocenters. The van der Waals surface area contributed by atoms with Gasteiger partial charge in [-0.2, -0.15) is 0 Å². The molecule has 1 aliphatic carbocycles. The van der Waals surface area contributed by atoms with Crippen LogP contribution in [0.15, 0.2) is 24.3 Å². The topological polar surface area (TPSA) is 75.6 Å². The van der Waals surface area contributed by atoms with E-state index in [-0.39, 0.29) is 23.3 Å². The summed E-state index contributed by atoms with van der Waals surface area (Å²) in [4.78, 5) is 22.7. The molecule has 0 spiro atoms. The van der Waals surface area contributed by atoms with Gasteiger partial charge in [0.05, 0.1) is 0 Å². The standard InChI is InChI=1S/C13H15NO4/c1-8(12(15)14-9-6-7-9)18-11-5-3-2-4-10(11)13(16)17/h2-5,8-9H,6-7H2,1H3,(H,14,15)(H,16,17). The van der Waals surface area contributed by atoms with Crippen LogP contribution in [-0.2, 0) is 4.79 Å². The number of benzene rings is 1. The molecule has 0 aliphatic heterocycles. The lowest BCUT2D eigenvalue weighted by Crippen LogP contribution is -2.37. The lowest BCUT2D eigenvalue weighted by Gasteiger charge is -2.15. The molecule has 1 unspecified atom stereocenters. The van der Waals surface area contributed by atoms with E-state index < -0.39 is 12.1 Å². The molecule has 2 rings (SSSR count).